The lowest BCUT2D eigenvalue weighted by Crippen LogP contribution is -1.97. The molecule has 1 aliphatic rings. The van der Waals surface area contributed by atoms with Crippen LogP contribution in [-0.4, -0.2) is 31.2 Å². The molecule has 1 aliphatic carbocycles. The largest absolute Gasteiger partial charge is 0.396 e. The van der Waals surface area contributed by atoms with Crippen LogP contribution in [0, 0.1) is 5.92 Å². The number of azide groups is 1. The Bertz CT molecular complexity index is 726. The van der Waals surface area contributed by atoms with Gasteiger partial charge in [-0.05, 0) is 22.6 Å². The Kier molecular flexibility index (Phi) is 2.55. The van der Waals surface area contributed by atoms with Crippen molar-refractivity contribution >= 4 is 29.1 Å². The van der Waals surface area contributed by atoms with Crippen LogP contribution in [0.5, 0.6) is 0 Å². The van der Waals surface area contributed by atoms with Crippen LogP contribution in [0.4, 0.5) is 11.8 Å². The second kappa shape index (κ2) is 4.23. The van der Waals surface area contributed by atoms with Gasteiger partial charge in [-0.1, -0.05) is 0 Å². The molecule has 1 unspecified atom stereocenters. The zero-order valence-electron chi connectivity index (χ0n) is 9.80. The summed E-state index contributed by atoms with van der Waals surface area (Å²) in [5.41, 5.74) is 16.0. The summed E-state index contributed by atoms with van der Waals surface area (Å²) in [7, 11) is 0. The molecule has 96 valence electrons. The minimum absolute atomic E-state index is 0.0181. The molecule has 0 bridgehead atoms. The number of aliphatic hydroxyl groups is 1. The molecule has 1 saturated carbocycles. The molecule has 2 heterocycles. The van der Waals surface area contributed by atoms with Crippen molar-refractivity contribution in [2.75, 3.05) is 12.3 Å². The molecular formula is C10H10N8O. The summed E-state index contributed by atoms with van der Waals surface area (Å²) < 4.78 is 1.69. The summed E-state index contributed by atoms with van der Waals surface area (Å²) in [6.45, 7) is 0.138. The minimum atomic E-state index is 0.0181. The zero-order chi connectivity index (χ0) is 13.4. The van der Waals surface area contributed by atoms with E-state index in [2.05, 4.69) is 25.0 Å². The second-order valence-corrected chi connectivity index (χ2v) is 4.21. The van der Waals surface area contributed by atoms with Gasteiger partial charge in [-0.3, -0.25) is 4.57 Å². The molecule has 9 nitrogen and oxygen atoms in total. The fourth-order valence-corrected chi connectivity index (χ4v) is 1.87. The van der Waals surface area contributed by atoms with Crippen molar-refractivity contribution < 1.29 is 5.11 Å². The number of nitrogens with two attached hydrogens (primary N) is 1. The van der Waals surface area contributed by atoms with Gasteiger partial charge in [0, 0.05) is 23.6 Å². The van der Waals surface area contributed by atoms with Crippen molar-refractivity contribution in [2.24, 2.45) is 11.0 Å². The monoisotopic (exact) mass is 258 g/mol. The number of aromatic nitrogens is 4. The smallest absolute Gasteiger partial charge is 0.222 e. The van der Waals surface area contributed by atoms with Crippen molar-refractivity contribution in [3.05, 3.63) is 22.3 Å². The summed E-state index contributed by atoms with van der Waals surface area (Å²) in [6, 6.07) is 0. The van der Waals surface area contributed by atoms with Crippen molar-refractivity contribution in [1.29, 1.82) is 0 Å². The minimum Gasteiger partial charge on any atom is -0.396 e. The van der Waals surface area contributed by atoms with E-state index >= 15 is 0 Å². The van der Waals surface area contributed by atoms with Crippen LogP contribution in [0.15, 0.2) is 17.0 Å². The van der Waals surface area contributed by atoms with Crippen LogP contribution in [0.2, 0.25) is 0 Å². The molecule has 0 aromatic carbocycles. The number of aliphatic hydroxyl groups excluding tert-OH is 1. The molecule has 0 aliphatic heterocycles. The van der Waals surface area contributed by atoms with Crippen LogP contribution < -0.4 is 5.73 Å². The highest BCUT2D eigenvalue weighted by molar-refractivity contribution is 5.83. The molecule has 0 radical (unpaired) electrons. The van der Waals surface area contributed by atoms with E-state index in [1.807, 2.05) is 6.20 Å². The third-order valence-electron chi connectivity index (χ3n) is 2.93. The summed E-state index contributed by atoms with van der Waals surface area (Å²) in [5.74, 6) is 0.342. The third kappa shape index (κ3) is 1.96. The third-order valence-corrected chi connectivity index (χ3v) is 2.93. The first-order valence-electron chi connectivity index (χ1n) is 5.59. The lowest BCUT2D eigenvalue weighted by Gasteiger charge is -1.98. The van der Waals surface area contributed by atoms with Gasteiger partial charge in [0.05, 0.1) is 0 Å². The van der Waals surface area contributed by atoms with E-state index in [0.29, 0.717) is 11.2 Å². The lowest BCUT2D eigenvalue weighted by molar-refractivity contribution is 0.281. The zero-order valence-corrected chi connectivity index (χ0v) is 9.80. The van der Waals surface area contributed by atoms with E-state index in [9.17, 15) is 0 Å². The van der Waals surface area contributed by atoms with Crippen molar-refractivity contribution in [3.63, 3.8) is 0 Å². The van der Waals surface area contributed by atoms with Crippen LogP contribution in [0.1, 0.15) is 6.42 Å². The molecule has 2 aromatic rings. The molecule has 9 heteroatoms. The van der Waals surface area contributed by atoms with Gasteiger partial charge in [0.1, 0.15) is 11.8 Å². The van der Waals surface area contributed by atoms with Crippen LogP contribution >= 0.6 is 0 Å². The average molecular weight is 258 g/mol. The van der Waals surface area contributed by atoms with Crippen LogP contribution in [-0.2, 0) is 0 Å². The molecule has 0 saturated heterocycles. The summed E-state index contributed by atoms with van der Waals surface area (Å²) >= 11 is 0. The van der Waals surface area contributed by atoms with E-state index in [0.717, 1.165) is 12.0 Å². The molecule has 3 rings (SSSR count). The van der Waals surface area contributed by atoms with Crippen LogP contribution in [0.25, 0.3) is 27.8 Å². The lowest BCUT2D eigenvalue weighted by atomic mass is 10.4. The fourth-order valence-electron chi connectivity index (χ4n) is 1.87. The van der Waals surface area contributed by atoms with E-state index < -0.39 is 0 Å². The SMILES string of the molecule is [N-]=[N+]=Nc1nc(N)nc2c1ncn2/C=C1\CC1CO. The van der Waals surface area contributed by atoms with Crippen molar-refractivity contribution in [1.82, 2.24) is 19.5 Å². The quantitative estimate of drug-likeness (QED) is 0.483. The first kappa shape index (κ1) is 11.5. The maximum atomic E-state index is 9.01. The summed E-state index contributed by atoms with van der Waals surface area (Å²) in [6.07, 6.45) is 4.26. The molecule has 0 spiro atoms. The number of imidazole rings is 1. The molecular weight excluding hydrogens is 248 g/mol. The van der Waals surface area contributed by atoms with Gasteiger partial charge in [0.25, 0.3) is 0 Å². The molecule has 0 amide bonds. The first-order valence-corrected chi connectivity index (χ1v) is 5.59. The number of nitrogen functional groups attached to an aromatic ring is 1. The molecule has 1 atom stereocenters. The van der Waals surface area contributed by atoms with Gasteiger partial charge in [-0.15, -0.1) is 0 Å². The summed E-state index contributed by atoms with van der Waals surface area (Å²) in [4.78, 5) is 14.7. The Labute approximate surface area is 107 Å². The first-order chi connectivity index (χ1) is 9.22. The number of nitrogens with zero attached hydrogens (tertiary/aromatic N) is 7. The van der Waals surface area contributed by atoms with Crippen LogP contribution in [0.3, 0.4) is 0 Å². The molecule has 19 heavy (non-hydrogen) atoms. The molecule has 2 aromatic heterocycles. The second-order valence-electron chi connectivity index (χ2n) is 4.21. The van der Waals surface area contributed by atoms with Gasteiger partial charge in [0.2, 0.25) is 5.95 Å². The number of hydrogen-bond donors (Lipinski definition) is 2. The van der Waals surface area contributed by atoms with E-state index in [1.54, 1.807) is 10.9 Å². The Morgan fingerprint density at radius 3 is 3.16 bits per heavy atom. The Hall–Kier alpha value is -2.64. The Balaban J connectivity index is 2.13. The Morgan fingerprint density at radius 2 is 2.47 bits per heavy atom. The Morgan fingerprint density at radius 1 is 1.63 bits per heavy atom. The van der Waals surface area contributed by atoms with E-state index in [4.69, 9.17) is 16.4 Å². The highest BCUT2D eigenvalue weighted by Crippen LogP contribution is 2.38. The van der Waals surface area contributed by atoms with Crippen molar-refractivity contribution in [3.8, 4) is 0 Å². The van der Waals surface area contributed by atoms with E-state index in [1.165, 1.54) is 0 Å². The predicted molar refractivity (Wildman–Crippen MR) is 68.0 cm³/mol. The normalized spacial score (nSPS) is 19.6. The van der Waals surface area contributed by atoms with Gasteiger partial charge in [-0.2, -0.15) is 4.98 Å². The summed E-state index contributed by atoms with van der Waals surface area (Å²) in [5, 5.41) is 12.5. The van der Waals surface area contributed by atoms with Gasteiger partial charge in [0.15, 0.2) is 11.5 Å². The van der Waals surface area contributed by atoms with Gasteiger partial charge < -0.3 is 10.8 Å². The number of rotatable bonds is 3. The highest BCUT2D eigenvalue weighted by Gasteiger charge is 2.28. The van der Waals surface area contributed by atoms with E-state index in [-0.39, 0.29) is 24.3 Å². The highest BCUT2D eigenvalue weighted by atomic mass is 16.3. The maximum Gasteiger partial charge on any atom is 0.222 e. The average Bonchev–Trinajstić information content (AvgIpc) is 3.03. The predicted octanol–water partition coefficient (Wildman–Crippen LogP) is 1.20. The number of fused-ring (bicyclic) bond motifs is 1. The maximum absolute atomic E-state index is 9.01. The molecule has 3 N–H and O–H groups in total. The topological polar surface area (TPSA) is 139 Å². The fraction of sp³-hybridized carbons (Fsp3) is 0.300. The van der Waals surface area contributed by atoms with Gasteiger partial charge >= 0.3 is 0 Å². The number of anilines is 1. The number of hydrogen-bond acceptors (Lipinski definition) is 6. The van der Waals surface area contributed by atoms with Crippen molar-refractivity contribution in [2.45, 2.75) is 6.42 Å². The van der Waals surface area contributed by atoms with Gasteiger partial charge in [-0.25, -0.2) is 9.97 Å². The molecule has 1 fully saturated rings. The standard InChI is InChI=1S/C10H10N8O/c11-10-14-8(16-17-12)7-9(15-10)18(4-13-7)2-5-1-6(5)3-19/h2,4,6,19H,1,3H2,(H2,11,14,15)/b5-2+.